The molecule has 4 heteroatoms. The number of fused-ring (bicyclic) bond motifs is 1. The van der Waals surface area contributed by atoms with Crippen LogP contribution in [0.5, 0.6) is 0 Å². The summed E-state index contributed by atoms with van der Waals surface area (Å²) in [5, 5.41) is 22.4. The Morgan fingerprint density at radius 3 is 1.85 bits per heavy atom. The van der Waals surface area contributed by atoms with Gasteiger partial charge in [-0.15, -0.1) is 0 Å². The zero-order valence-corrected chi connectivity index (χ0v) is 16.4. The molecular weight excluding hydrogens is 338 g/mol. The molecule has 2 aromatic rings. The molecule has 0 radical (unpaired) electrons. The second kappa shape index (κ2) is 6.38. The summed E-state index contributed by atoms with van der Waals surface area (Å²) in [6.07, 6.45) is 4.48. The lowest BCUT2D eigenvalue weighted by Crippen LogP contribution is -2.29. The fourth-order valence-corrected chi connectivity index (χ4v) is 3.66. The molecule has 1 aliphatic rings. The van der Waals surface area contributed by atoms with Crippen LogP contribution < -0.4 is 0 Å². The van der Waals surface area contributed by atoms with Gasteiger partial charge >= 0.3 is 5.97 Å². The molecule has 0 unspecified atom stereocenters. The van der Waals surface area contributed by atoms with Crippen LogP contribution in [0.3, 0.4) is 0 Å². The molecule has 2 N–H and O–H groups in total. The van der Waals surface area contributed by atoms with Crippen LogP contribution in [-0.2, 0) is 10.8 Å². The summed E-state index contributed by atoms with van der Waals surface area (Å²) >= 11 is 0. The van der Waals surface area contributed by atoms with E-state index in [1.807, 2.05) is 6.92 Å². The zero-order chi connectivity index (χ0) is 20.0. The Bertz CT molecular complexity index is 964. The number of hydrogen-bond acceptors (Lipinski definition) is 3. The van der Waals surface area contributed by atoms with E-state index in [1.54, 1.807) is 12.1 Å². The van der Waals surface area contributed by atoms with Crippen LogP contribution in [0.4, 0.5) is 0 Å². The lowest BCUT2D eigenvalue weighted by atomic mass is 9.67. The molecule has 4 nitrogen and oxygen atoms in total. The fourth-order valence-electron chi connectivity index (χ4n) is 3.66. The highest BCUT2D eigenvalue weighted by Gasteiger charge is 2.33. The highest BCUT2D eigenvalue weighted by molar-refractivity contribution is 6.13. The quantitative estimate of drug-likeness (QED) is 0.347. The minimum absolute atomic E-state index is 0.0617. The van der Waals surface area contributed by atoms with Crippen molar-refractivity contribution < 1.29 is 15.1 Å². The standard InChI is InChI=1S/C23H25NO3/c1-14-12-18-19(23(4,5)11-10-22(18,2)3)13-17(14)20(24-27)15-6-8-16(9-7-15)21(25)26/h6-13,27H,1-5H3,(H,25,26)/b24-20-. The van der Waals surface area contributed by atoms with E-state index in [4.69, 9.17) is 5.11 Å². The van der Waals surface area contributed by atoms with Crippen molar-refractivity contribution in [2.45, 2.75) is 45.4 Å². The number of carboxylic acid groups (broad SMARTS) is 1. The number of aromatic carboxylic acids is 1. The van der Waals surface area contributed by atoms with Gasteiger partial charge < -0.3 is 10.3 Å². The number of aryl methyl sites for hydroxylation is 1. The molecule has 2 aromatic carbocycles. The second-order valence-corrected chi connectivity index (χ2v) is 8.32. The maximum absolute atomic E-state index is 11.1. The summed E-state index contributed by atoms with van der Waals surface area (Å²) in [7, 11) is 0. The van der Waals surface area contributed by atoms with Crippen molar-refractivity contribution in [3.05, 3.63) is 81.9 Å². The number of allylic oxidation sites excluding steroid dienone is 2. The summed E-state index contributed by atoms with van der Waals surface area (Å²) in [5.41, 5.74) is 5.47. The topological polar surface area (TPSA) is 69.9 Å². The van der Waals surface area contributed by atoms with Crippen molar-refractivity contribution >= 4 is 11.7 Å². The van der Waals surface area contributed by atoms with Gasteiger partial charge in [-0.2, -0.15) is 0 Å². The first kappa shape index (κ1) is 18.9. The predicted octanol–water partition coefficient (Wildman–Crippen LogP) is 5.04. The van der Waals surface area contributed by atoms with Crippen LogP contribution in [0.25, 0.3) is 0 Å². The van der Waals surface area contributed by atoms with Crippen molar-refractivity contribution in [3.63, 3.8) is 0 Å². The van der Waals surface area contributed by atoms with E-state index in [1.165, 1.54) is 23.3 Å². The lowest BCUT2D eigenvalue weighted by Gasteiger charge is -2.37. The maximum atomic E-state index is 11.1. The van der Waals surface area contributed by atoms with E-state index in [9.17, 15) is 10.0 Å². The fraction of sp³-hybridized carbons (Fsp3) is 0.304. The zero-order valence-electron chi connectivity index (χ0n) is 16.4. The van der Waals surface area contributed by atoms with Crippen molar-refractivity contribution in [1.82, 2.24) is 0 Å². The molecule has 140 valence electrons. The first-order valence-corrected chi connectivity index (χ1v) is 8.99. The smallest absolute Gasteiger partial charge is 0.335 e. The van der Waals surface area contributed by atoms with Gasteiger partial charge in [0.15, 0.2) is 0 Å². The monoisotopic (exact) mass is 363 g/mol. The number of nitrogens with zero attached hydrogens (tertiary/aromatic N) is 1. The van der Waals surface area contributed by atoms with Crippen LogP contribution in [0.2, 0.25) is 0 Å². The summed E-state index contributed by atoms with van der Waals surface area (Å²) in [4.78, 5) is 11.1. The normalized spacial score (nSPS) is 17.4. The van der Waals surface area contributed by atoms with E-state index in [0.29, 0.717) is 11.3 Å². The van der Waals surface area contributed by atoms with Gasteiger partial charge in [-0.3, -0.25) is 0 Å². The van der Waals surface area contributed by atoms with Crippen molar-refractivity contribution in [2.24, 2.45) is 5.16 Å². The Labute approximate surface area is 159 Å². The van der Waals surface area contributed by atoms with Gasteiger partial charge in [0.25, 0.3) is 0 Å². The molecule has 0 amide bonds. The van der Waals surface area contributed by atoms with Crippen molar-refractivity contribution in [1.29, 1.82) is 0 Å². The minimum atomic E-state index is -0.982. The Morgan fingerprint density at radius 2 is 1.37 bits per heavy atom. The van der Waals surface area contributed by atoms with E-state index >= 15 is 0 Å². The number of rotatable bonds is 3. The summed E-state index contributed by atoms with van der Waals surface area (Å²) in [5.74, 6) is -0.982. The van der Waals surface area contributed by atoms with E-state index in [0.717, 1.165) is 11.1 Å². The lowest BCUT2D eigenvalue weighted by molar-refractivity contribution is 0.0697. The van der Waals surface area contributed by atoms with Gasteiger partial charge in [0.05, 0.1) is 5.56 Å². The number of carbonyl (C=O) groups is 1. The predicted molar refractivity (Wildman–Crippen MR) is 107 cm³/mol. The third-order valence-corrected chi connectivity index (χ3v) is 5.43. The summed E-state index contributed by atoms with van der Waals surface area (Å²) < 4.78 is 0. The highest BCUT2D eigenvalue weighted by atomic mass is 16.4. The molecule has 0 bridgehead atoms. The van der Waals surface area contributed by atoms with Gasteiger partial charge in [-0.25, -0.2) is 4.79 Å². The maximum Gasteiger partial charge on any atom is 0.335 e. The van der Waals surface area contributed by atoms with Crippen LogP contribution in [0, 0.1) is 6.92 Å². The first-order chi connectivity index (χ1) is 12.6. The molecule has 3 rings (SSSR count). The van der Waals surface area contributed by atoms with E-state index < -0.39 is 5.97 Å². The van der Waals surface area contributed by atoms with Gasteiger partial charge in [-0.1, -0.05) is 63.2 Å². The summed E-state index contributed by atoms with van der Waals surface area (Å²) in [6, 6.07) is 10.7. The van der Waals surface area contributed by atoms with Crippen LogP contribution in [0.1, 0.15) is 65.9 Å². The van der Waals surface area contributed by atoms with E-state index in [-0.39, 0.29) is 16.4 Å². The first-order valence-electron chi connectivity index (χ1n) is 8.99. The van der Waals surface area contributed by atoms with E-state index in [2.05, 4.69) is 57.1 Å². The molecule has 0 fully saturated rings. The third kappa shape index (κ3) is 3.27. The molecule has 1 aliphatic carbocycles. The molecule has 0 heterocycles. The third-order valence-electron chi connectivity index (χ3n) is 5.43. The van der Waals surface area contributed by atoms with Gasteiger partial charge in [-0.05, 0) is 41.8 Å². The molecule has 0 spiro atoms. The molecular formula is C23H25NO3. The molecule has 0 saturated carbocycles. The largest absolute Gasteiger partial charge is 0.478 e. The number of benzene rings is 2. The molecule has 0 aromatic heterocycles. The number of carboxylic acids is 1. The highest BCUT2D eigenvalue weighted by Crippen LogP contribution is 2.42. The second-order valence-electron chi connectivity index (χ2n) is 8.32. The Kier molecular flexibility index (Phi) is 4.46. The number of oxime groups is 1. The van der Waals surface area contributed by atoms with Crippen molar-refractivity contribution in [3.8, 4) is 0 Å². The van der Waals surface area contributed by atoms with Crippen LogP contribution in [0.15, 0.2) is 53.7 Å². The average molecular weight is 363 g/mol. The van der Waals surface area contributed by atoms with Gasteiger partial charge in [0.1, 0.15) is 5.71 Å². The molecule has 27 heavy (non-hydrogen) atoms. The Balaban J connectivity index is 2.16. The summed E-state index contributed by atoms with van der Waals surface area (Å²) in [6.45, 7) is 10.8. The molecule has 0 saturated heterocycles. The minimum Gasteiger partial charge on any atom is -0.478 e. The SMILES string of the molecule is Cc1cc2c(cc1/C(=N\O)c1ccc(C(=O)O)cc1)C(C)(C)C=CC2(C)C. The molecule has 0 aliphatic heterocycles. The Morgan fingerprint density at radius 1 is 0.889 bits per heavy atom. The average Bonchev–Trinajstić information content (AvgIpc) is 2.61. The van der Waals surface area contributed by atoms with Gasteiger partial charge in [0, 0.05) is 22.0 Å². The van der Waals surface area contributed by atoms with Crippen LogP contribution >= 0.6 is 0 Å². The van der Waals surface area contributed by atoms with Crippen molar-refractivity contribution in [2.75, 3.05) is 0 Å². The Hall–Kier alpha value is -2.88. The van der Waals surface area contributed by atoms with Crippen LogP contribution in [-0.4, -0.2) is 22.0 Å². The number of hydrogen-bond donors (Lipinski definition) is 2. The molecule has 0 atom stereocenters. The van der Waals surface area contributed by atoms with Gasteiger partial charge in [0.2, 0.25) is 0 Å².